The number of carbonyl (C=O) groups excluding carboxylic acids is 1. The van der Waals surface area contributed by atoms with Crippen LogP contribution in [0.5, 0.6) is 0 Å². The largest absolute Gasteiger partial charge is 0.378 e. The lowest BCUT2D eigenvalue weighted by Gasteiger charge is -2.18. The van der Waals surface area contributed by atoms with E-state index >= 15 is 0 Å². The van der Waals surface area contributed by atoms with Gasteiger partial charge in [0.25, 0.3) is 0 Å². The molecule has 1 heterocycles. The minimum absolute atomic E-state index is 0.0374. The molecule has 0 aliphatic carbocycles. The third-order valence-corrected chi connectivity index (χ3v) is 3.43. The third kappa shape index (κ3) is 3.76. The van der Waals surface area contributed by atoms with Gasteiger partial charge in [-0.05, 0) is 32.2 Å². The normalized spacial score (nSPS) is 26.7. The Morgan fingerprint density at radius 3 is 2.88 bits per heavy atom. The summed E-state index contributed by atoms with van der Waals surface area (Å²) in [6.07, 6.45) is 2.96. The predicted molar refractivity (Wildman–Crippen MR) is 64.0 cm³/mol. The van der Waals surface area contributed by atoms with E-state index in [0.29, 0.717) is 19.1 Å². The van der Waals surface area contributed by atoms with Gasteiger partial charge >= 0.3 is 0 Å². The maximum Gasteiger partial charge on any atom is 0.225 e. The van der Waals surface area contributed by atoms with Crippen LogP contribution in [0.2, 0.25) is 0 Å². The second kappa shape index (κ2) is 6.86. The van der Waals surface area contributed by atoms with Gasteiger partial charge in [-0.1, -0.05) is 13.3 Å². The number of rotatable bonds is 6. The average Bonchev–Trinajstić information content (AvgIpc) is 2.70. The van der Waals surface area contributed by atoms with Crippen LogP contribution in [0.1, 0.15) is 33.1 Å². The van der Waals surface area contributed by atoms with Crippen LogP contribution in [-0.2, 0) is 9.53 Å². The summed E-state index contributed by atoms with van der Waals surface area (Å²) < 4.78 is 5.39. The van der Waals surface area contributed by atoms with E-state index in [1.807, 2.05) is 6.92 Å². The Morgan fingerprint density at radius 1 is 1.62 bits per heavy atom. The van der Waals surface area contributed by atoms with E-state index in [-0.39, 0.29) is 17.9 Å². The van der Waals surface area contributed by atoms with Gasteiger partial charge in [-0.3, -0.25) is 4.79 Å². The number of nitrogens with one attached hydrogen (secondary N) is 1. The Labute approximate surface area is 97.9 Å². The lowest BCUT2D eigenvalue weighted by Crippen LogP contribution is -2.37. The van der Waals surface area contributed by atoms with Crippen molar-refractivity contribution in [2.45, 2.75) is 39.2 Å². The van der Waals surface area contributed by atoms with E-state index in [2.05, 4.69) is 12.2 Å². The first kappa shape index (κ1) is 13.5. The van der Waals surface area contributed by atoms with Crippen molar-refractivity contribution in [3.05, 3.63) is 0 Å². The molecule has 0 bridgehead atoms. The Morgan fingerprint density at radius 2 is 2.38 bits per heavy atom. The van der Waals surface area contributed by atoms with E-state index in [4.69, 9.17) is 10.5 Å². The Kier molecular flexibility index (Phi) is 5.77. The summed E-state index contributed by atoms with van der Waals surface area (Å²) in [7, 11) is 0. The van der Waals surface area contributed by atoms with Gasteiger partial charge in [0.1, 0.15) is 0 Å². The van der Waals surface area contributed by atoms with Gasteiger partial charge in [-0.2, -0.15) is 0 Å². The zero-order chi connectivity index (χ0) is 12.0. The molecule has 0 spiro atoms. The summed E-state index contributed by atoms with van der Waals surface area (Å²) in [6, 6.07) is 0. The fraction of sp³-hybridized carbons (Fsp3) is 0.917. The van der Waals surface area contributed by atoms with Gasteiger partial charge in [-0.25, -0.2) is 0 Å². The molecule has 1 aliphatic rings. The number of hydrogen-bond acceptors (Lipinski definition) is 3. The summed E-state index contributed by atoms with van der Waals surface area (Å²) in [5.41, 5.74) is 5.52. The van der Waals surface area contributed by atoms with Gasteiger partial charge in [-0.15, -0.1) is 0 Å². The van der Waals surface area contributed by atoms with Gasteiger partial charge < -0.3 is 15.8 Å². The quantitative estimate of drug-likeness (QED) is 0.710. The summed E-state index contributed by atoms with van der Waals surface area (Å²) in [6.45, 7) is 6.24. The van der Waals surface area contributed by atoms with Crippen molar-refractivity contribution in [1.29, 1.82) is 0 Å². The van der Waals surface area contributed by atoms with Gasteiger partial charge in [0.15, 0.2) is 0 Å². The number of hydrogen-bond donors (Lipinski definition) is 2. The first-order valence-electron chi connectivity index (χ1n) is 6.28. The van der Waals surface area contributed by atoms with Crippen molar-refractivity contribution in [1.82, 2.24) is 5.32 Å². The molecular formula is C12H24N2O2. The van der Waals surface area contributed by atoms with Crippen molar-refractivity contribution in [2.75, 3.05) is 19.7 Å². The fourth-order valence-electron chi connectivity index (χ4n) is 2.14. The van der Waals surface area contributed by atoms with Crippen LogP contribution >= 0.6 is 0 Å². The lowest BCUT2D eigenvalue weighted by atomic mass is 9.99. The minimum Gasteiger partial charge on any atom is -0.378 e. The molecule has 3 unspecified atom stereocenters. The summed E-state index contributed by atoms with van der Waals surface area (Å²) >= 11 is 0. The van der Waals surface area contributed by atoms with Crippen molar-refractivity contribution in [3.8, 4) is 0 Å². The zero-order valence-electron chi connectivity index (χ0n) is 10.4. The van der Waals surface area contributed by atoms with E-state index in [9.17, 15) is 4.79 Å². The van der Waals surface area contributed by atoms with E-state index < -0.39 is 0 Å². The topological polar surface area (TPSA) is 64.3 Å². The summed E-state index contributed by atoms with van der Waals surface area (Å²) in [4.78, 5) is 11.9. The van der Waals surface area contributed by atoms with Gasteiger partial charge in [0.05, 0.1) is 12.0 Å². The molecule has 16 heavy (non-hydrogen) atoms. The SMILES string of the molecule is CCC(CCN)CNC(=O)C1CCOC1C. The average molecular weight is 228 g/mol. The van der Waals surface area contributed by atoms with Crippen LogP contribution < -0.4 is 11.1 Å². The molecule has 0 aromatic carbocycles. The van der Waals surface area contributed by atoms with E-state index in [1.54, 1.807) is 0 Å². The van der Waals surface area contributed by atoms with Crippen LogP contribution in [-0.4, -0.2) is 31.7 Å². The first-order valence-corrected chi connectivity index (χ1v) is 6.28. The molecule has 0 radical (unpaired) electrons. The molecule has 1 amide bonds. The number of ether oxygens (including phenoxy) is 1. The Balaban J connectivity index is 2.28. The highest BCUT2D eigenvalue weighted by atomic mass is 16.5. The number of carbonyl (C=O) groups is 1. The van der Waals surface area contributed by atoms with Crippen LogP contribution in [0, 0.1) is 11.8 Å². The second-order valence-corrected chi connectivity index (χ2v) is 4.57. The van der Waals surface area contributed by atoms with Crippen LogP contribution in [0.4, 0.5) is 0 Å². The molecule has 3 N–H and O–H groups in total. The molecule has 4 heteroatoms. The predicted octanol–water partition coefficient (Wildman–Crippen LogP) is 0.903. The maximum absolute atomic E-state index is 11.9. The Bertz CT molecular complexity index is 221. The maximum atomic E-state index is 11.9. The molecule has 0 aromatic rings. The van der Waals surface area contributed by atoms with E-state index in [0.717, 1.165) is 25.8 Å². The second-order valence-electron chi connectivity index (χ2n) is 4.57. The summed E-state index contributed by atoms with van der Waals surface area (Å²) in [5, 5.41) is 3.02. The molecule has 1 rings (SSSR count). The van der Waals surface area contributed by atoms with Gasteiger partial charge in [0, 0.05) is 13.2 Å². The van der Waals surface area contributed by atoms with Crippen LogP contribution in [0.15, 0.2) is 0 Å². The lowest BCUT2D eigenvalue weighted by molar-refractivity contribution is -0.126. The Hall–Kier alpha value is -0.610. The van der Waals surface area contributed by atoms with Crippen molar-refractivity contribution in [2.24, 2.45) is 17.6 Å². The van der Waals surface area contributed by atoms with Crippen LogP contribution in [0.25, 0.3) is 0 Å². The standard InChI is InChI=1S/C12H24N2O2/c1-3-10(4-6-13)8-14-12(15)11-5-7-16-9(11)2/h9-11H,3-8,13H2,1-2H3,(H,14,15). The highest BCUT2D eigenvalue weighted by Gasteiger charge is 2.30. The van der Waals surface area contributed by atoms with Crippen molar-refractivity contribution < 1.29 is 9.53 Å². The molecule has 0 aromatic heterocycles. The molecule has 4 nitrogen and oxygen atoms in total. The number of nitrogens with two attached hydrogens (primary N) is 1. The molecule has 1 aliphatic heterocycles. The molecule has 0 saturated carbocycles. The minimum atomic E-state index is 0.0374. The zero-order valence-corrected chi connectivity index (χ0v) is 10.4. The van der Waals surface area contributed by atoms with Crippen molar-refractivity contribution >= 4 is 5.91 Å². The third-order valence-electron chi connectivity index (χ3n) is 3.43. The molecule has 3 atom stereocenters. The molecule has 94 valence electrons. The van der Waals surface area contributed by atoms with Gasteiger partial charge in [0.2, 0.25) is 5.91 Å². The highest BCUT2D eigenvalue weighted by molar-refractivity contribution is 5.79. The molecule has 1 saturated heterocycles. The smallest absolute Gasteiger partial charge is 0.225 e. The van der Waals surface area contributed by atoms with Crippen molar-refractivity contribution in [3.63, 3.8) is 0 Å². The monoisotopic (exact) mass is 228 g/mol. The number of amides is 1. The molecule has 1 fully saturated rings. The van der Waals surface area contributed by atoms with E-state index in [1.165, 1.54) is 0 Å². The highest BCUT2D eigenvalue weighted by Crippen LogP contribution is 2.20. The molecular weight excluding hydrogens is 204 g/mol. The first-order chi connectivity index (χ1) is 7.69. The van der Waals surface area contributed by atoms with Crippen LogP contribution in [0.3, 0.4) is 0 Å². The summed E-state index contributed by atoms with van der Waals surface area (Å²) in [5.74, 6) is 0.683. The fourth-order valence-corrected chi connectivity index (χ4v) is 2.14.